The van der Waals surface area contributed by atoms with E-state index in [4.69, 9.17) is 0 Å². The van der Waals surface area contributed by atoms with E-state index >= 15 is 0 Å². The first-order valence-corrected chi connectivity index (χ1v) is 15.7. The fourth-order valence-electron chi connectivity index (χ4n) is 3.02. The summed E-state index contributed by atoms with van der Waals surface area (Å²) in [6.45, 7) is 14.7. The van der Waals surface area contributed by atoms with Crippen molar-refractivity contribution in [3.05, 3.63) is 59.7 Å². The summed E-state index contributed by atoms with van der Waals surface area (Å²) in [6.07, 6.45) is 0. The summed E-state index contributed by atoms with van der Waals surface area (Å²) in [6, 6.07) is 20.6. The standard InChI is InChI=1S/C20H30Si2/c1-21(2,3)15-17-11-7-9-13-19(17)20-14-10-8-12-18(20)16-22(4,5)6/h7-14H,15-16H2,1-6H3. The van der Waals surface area contributed by atoms with Crippen molar-refractivity contribution in [2.24, 2.45) is 0 Å². The summed E-state index contributed by atoms with van der Waals surface area (Å²) >= 11 is 0. The number of rotatable bonds is 5. The van der Waals surface area contributed by atoms with Gasteiger partial charge < -0.3 is 0 Å². The lowest BCUT2D eigenvalue weighted by atomic mass is 9.97. The van der Waals surface area contributed by atoms with Gasteiger partial charge in [0.2, 0.25) is 0 Å². The minimum atomic E-state index is -1.12. The second kappa shape index (κ2) is 6.55. The maximum Gasteiger partial charge on any atom is 0.0487 e. The van der Waals surface area contributed by atoms with E-state index in [0.717, 1.165) is 0 Å². The molecule has 2 heteroatoms. The van der Waals surface area contributed by atoms with Gasteiger partial charge in [0.1, 0.15) is 0 Å². The van der Waals surface area contributed by atoms with Crippen molar-refractivity contribution in [3.8, 4) is 11.1 Å². The predicted octanol–water partition coefficient (Wildman–Crippen LogP) is 6.19. The molecule has 0 heterocycles. The zero-order chi connectivity index (χ0) is 16.4. The van der Waals surface area contributed by atoms with Crippen LogP contribution in [0.25, 0.3) is 11.1 Å². The molecule has 2 rings (SSSR count). The van der Waals surface area contributed by atoms with Gasteiger partial charge in [-0.25, -0.2) is 0 Å². The maximum absolute atomic E-state index is 2.46. The number of benzene rings is 2. The molecule has 0 fully saturated rings. The lowest BCUT2D eigenvalue weighted by Gasteiger charge is -2.22. The Kier molecular flexibility index (Phi) is 5.13. The van der Waals surface area contributed by atoms with Crippen molar-refractivity contribution in [1.82, 2.24) is 0 Å². The van der Waals surface area contributed by atoms with Gasteiger partial charge in [-0.2, -0.15) is 0 Å². The van der Waals surface area contributed by atoms with E-state index < -0.39 is 16.1 Å². The molecule has 0 aliphatic rings. The SMILES string of the molecule is C[Si](C)(C)Cc1ccccc1-c1ccccc1C[Si](C)(C)C. The lowest BCUT2D eigenvalue weighted by Crippen LogP contribution is -2.25. The molecule has 0 spiro atoms. The van der Waals surface area contributed by atoms with Crippen LogP contribution < -0.4 is 0 Å². The summed E-state index contributed by atoms with van der Waals surface area (Å²) in [7, 11) is -2.24. The maximum atomic E-state index is 2.46. The van der Waals surface area contributed by atoms with Crippen LogP contribution >= 0.6 is 0 Å². The average molecular weight is 327 g/mol. The molecule has 0 amide bonds. The number of hydrogen-bond donors (Lipinski definition) is 0. The molecule has 0 radical (unpaired) electrons. The van der Waals surface area contributed by atoms with Gasteiger partial charge in [0, 0.05) is 16.1 Å². The molecule has 0 saturated carbocycles. The molecule has 0 unspecified atom stereocenters. The first-order valence-electron chi connectivity index (χ1n) is 8.32. The first kappa shape index (κ1) is 17.2. The van der Waals surface area contributed by atoms with Crippen LogP contribution in [0.5, 0.6) is 0 Å². The van der Waals surface area contributed by atoms with Crippen LogP contribution in [0.2, 0.25) is 39.3 Å². The Balaban J connectivity index is 2.49. The largest absolute Gasteiger partial charge is 0.0693 e. The summed E-state index contributed by atoms with van der Waals surface area (Å²) in [5.74, 6) is 0. The van der Waals surface area contributed by atoms with Gasteiger partial charge in [-0.1, -0.05) is 87.8 Å². The molecule has 22 heavy (non-hydrogen) atoms. The molecule has 118 valence electrons. The van der Waals surface area contributed by atoms with Crippen molar-refractivity contribution >= 4 is 16.1 Å². The van der Waals surface area contributed by atoms with Crippen molar-refractivity contribution in [2.45, 2.75) is 51.4 Å². The third-order valence-electron chi connectivity index (χ3n) is 3.77. The summed E-state index contributed by atoms with van der Waals surface area (Å²) in [5, 5.41) is 0. The molecule has 0 N–H and O–H groups in total. The molecular formula is C20H30Si2. The van der Waals surface area contributed by atoms with Crippen LogP contribution in [0.15, 0.2) is 48.5 Å². The van der Waals surface area contributed by atoms with Crippen molar-refractivity contribution in [3.63, 3.8) is 0 Å². The van der Waals surface area contributed by atoms with E-state index in [0.29, 0.717) is 0 Å². The van der Waals surface area contributed by atoms with Gasteiger partial charge in [0.25, 0.3) is 0 Å². The minimum Gasteiger partial charge on any atom is -0.0693 e. The van der Waals surface area contributed by atoms with E-state index in [1.54, 1.807) is 0 Å². The highest BCUT2D eigenvalue weighted by Gasteiger charge is 2.20. The van der Waals surface area contributed by atoms with E-state index in [9.17, 15) is 0 Å². The van der Waals surface area contributed by atoms with E-state index in [1.807, 2.05) is 0 Å². The first-order chi connectivity index (χ1) is 10.2. The molecule has 0 aromatic heterocycles. The molecule has 0 atom stereocenters. The summed E-state index contributed by atoms with van der Waals surface area (Å²) in [4.78, 5) is 0. The van der Waals surface area contributed by atoms with Crippen molar-refractivity contribution < 1.29 is 0 Å². The van der Waals surface area contributed by atoms with E-state index in [-0.39, 0.29) is 0 Å². The molecular weight excluding hydrogens is 296 g/mol. The Bertz CT molecular complexity index is 573. The van der Waals surface area contributed by atoms with Gasteiger partial charge in [-0.15, -0.1) is 0 Å². The molecule has 0 saturated heterocycles. The molecule has 0 aliphatic heterocycles. The quantitative estimate of drug-likeness (QED) is 0.574. The minimum absolute atomic E-state index is 1.12. The Hall–Kier alpha value is -1.13. The Labute approximate surface area is 138 Å². The van der Waals surface area contributed by atoms with Crippen LogP contribution in [0.4, 0.5) is 0 Å². The molecule has 0 aliphatic carbocycles. The number of hydrogen-bond acceptors (Lipinski definition) is 0. The second-order valence-electron chi connectivity index (χ2n) is 8.79. The fourth-order valence-corrected chi connectivity index (χ4v) is 5.92. The molecule has 2 aromatic rings. The van der Waals surface area contributed by atoms with Crippen LogP contribution in [-0.2, 0) is 12.1 Å². The molecule has 0 bridgehead atoms. The lowest BCUT2D eigenvalue weighted by molar-refractivity contribution is 1.27. The third kappa shape index (κ3) is 4.96. The highest BCUT2D eigenvalue weighted by Crippen LogP contribution is 2.30. The second-order valence-corrected chi connectivity index (χ2v) is 19.7. The zero-order valence-corrected chi connectivity index (χ0v) is 17.0. The van der Waals surface area contributed by atoms with Gasteiger partial charge in [0.15, 0.2) is 0 Å². The third-order valence-corrected chi connectivity index (χ3v) is 6.65. The smallest absolute Gasteiger partial charge is 0.0487 e. The van der Waals surface area contributed by atoms with Crippen LogP contribution in [-0.4, -0.2) is 16.1 Å². The highest BCUT2D eigenvalue weighted by molar-refractivity contribution is 6.76. The van der Waals surface area contributed by atoms with Crippen LogP contribution in [0.1, 0.15) is 11.1 Å². The zero-order valence-electron chi connectivity index (χ0n) is 15.0. The van der Waals surface area contributed by atoms with Gasteiger partial charge in [-0.3, -0.25) is 0 Å². The summed E-state index contributed by atoms with van der Waals surface area (Å²) in [5.41, 5.74) is 5.98. The fraction of sp³-hybridized carbons (Fsp3) is 0.400. The van der Waals surface area contributed by atoms with Gasteiger partial charge in [-0.05, 0) is 34.3 Å². The monoisotopic (exact) mass is 326 g/mol. The summed E-state index contributed by atoms with van der Waals surface area (Å²) < 4.78 is 0. The Morgan fingerprint density at radius 3 is 1.18 bits per heavy atom. The van der Waals surface area contributed by atoms with E-state index in [1.165, 1.54) is 34.3 Å². The van der Waals surface area contributed by atoms with Gasteiger partial charge in [0.05, 0.1) is 0 Å². The predicted molar refractivity (Wildman–Crippen MR) is 106 cm³/mol. The van der Waals surface area contributed by atoms with Crippen molar-refractivity contribution in [1.29, 1.82) is 0 Å². The average Bonchev–Trinajstić information content (AvgIpc) is 2.36. The topological polar surface area (TPSA) is 0 Å². The normalized spacial score (nSPS) is 12.5. The van der Waals surface area contributed by atoms with E-state index in [2.05, 4.69) is 87.8 Å². The van der Waals surface area contributed by atoms with Crippen LogP contribution in [0, 0.1) is 0 Å². The Morgan fingerprint density at radius 2 is 0.864 bits per heavy atom. The molecule has 2 aromatic carbocycles. The molecule has 0 nitrogen and oxygen atoms in total. The van der Waals surface area contributed by atoms with Crippen LogP contribution in [0.3, 0.4) is 0 Å². The van der Waals surface area contributed by atoms with Gasteiger partial charge >= 0.3 is 0 Å². The highest BCUT2D eigenvalue weighted by atomic mass is 28.3. The Morgan fingerprint density at radius 1 is 0.545 bits per heavy atom. The van der Waals surface area contributed by atoms with Crippen molar-refractivity contribution in [2.75, 3.05) is 0 Å².